The Kier molecular flexibility index (Phi) is 5.78. The van der Waals surface area contributed by atoms with E-state index in [0.29, 0.717) is 10.8 Å². The van der Waals surface area contributed by atoms with Crippen molar-refractivity contribution in [3.05, 3.63) is 0 Å². The Hall–Kier alpha value is 0. The Morgan fingerprint density at radius 2 is 1.21 bits per heavy atom. The van der Waals surface area contributed by atoms with Gasteiger partial charge in [-0.1, -0.05) is 60.8 Å². The monoisotopic (exact) mass is 198 g/mol. The van der Waals surface area contributed by atoms with Gasteiger partial charge in [0.05, 0.1) is 0 Å². The first kappa shape index (κ1) is 14.0. The van der Waals surface area contributed by atoms with Gasteiger partial charge in [0.1, 0.15) is 0 Å². The van der Waals surface area contributed by atoms with Gasteiger partial charge in [-0.05, 0) is 30.1 Å². The van der Waals surface area contributed by atoms with Gasteiger partial charge in [0.15, 0.2) is 0 Å². The second kappa shape index (κ2) is 5.78. The fraction of sp³-hybridized carbons (Fsp3) is 1.00. The molecule has 0 atom stereocenters. The molecule has 0 aromatic rings. The molecule has 0 rings (SSSR count). The second-order valence-electron chi connectivity index (χ2n) is 6.36. The van der Waals surface area contributed by atoms with Gasteiger partial charge in [-0.2, -0.15) is 0 Å². The maximum Gasteiger partial charge on any atom is -0.0349 e. The van der Waals surface area contributed by atoms with Crippen LogP contribution in [-0.4, -0.2) is 0 Å². The zero-order valence-electron chi connectivity index (χ0n) is 11.2. The van der Waals surface area contributed by atoms with E-state index in [4.69, 9.17) is 0 Å². The fourth-order valence-corrected chi connectivity index (χ4v) is 2.80. The molecule has 0 aromatic heterocycles. The lowest BCUT2D eigenvalue weighted by Gasteiger charge is -2.35. The Morgan fingerprint density at radius 3 is 1.64 bits per heavy atom. The highest BCUT2D eigenvalue weighted by molar-refractivity contribution is 4.78. The highest BCUT2D eigenvalue weighted by Crippen LogP contribution is 2.39. The van der Waals surface area contributed by atoms with Gasteiger partial charge in [0.25, 0.3) is 0 Å². The first-order chi connectivity index (χ1) is 6.33. The van der Waals surface area contributed by atoms with E-state index >= 15 is 0 Å². The molecular weight excluding hydrogens is 168 g/mol. The summed E-state index contributed by atoms with van der Waals surface area (Å²) in [6.07, 6.45) is 8.15. The SMILES string of the molecule is CCCCC(C)(C)CC(C)(C)CCC. The maximum absolute atomic E-state index is 2.43. The van der Waals surface area contributed by atoms with Crippen molar-refractivity contribution in [2.75, 3.05) is 0 Å². The Balaban J connectivity index is 4.05. The quantitative estimate of drug-likeness (QED) is 0.512. The van der Waals surface area contributed by atoms with Gasteiger partial charge < -0.3 is 0 Å². The van der Waals surface area contributed by atoms with Crippen molar-refractivity contribution >= 4 is 0 Å². The van der Waals surface area contributed by atoms with Crippen LogP contribution in [0.5, 0.6) is 0 Å². The summed E-state index contributed by atoms with van der Waals surface area (Å²) in [5.41, 5.74) is 1.07. The second-order valence-corrected chi connectivity index (χ2v) is 6.36. The summed E-state index contributed by atoms with van der Waals surface area (Å²) in [5.74, 6) is 0. The highest BCUT2D eigenvalue weighted by atomic mass is 14.3. The molecule has 0 saturated heterocycles. The molecule has 0 nitrogen and oxygen atoms in total. The van der Waals surface area contributed by atoms with E-state index in [0.717, 1.165) is 0 Å². The predicted molar refractivity (Wildman–Crippen MR) is 66.6 cm³/mol. The first-order valence-corrected chi connectivity index (χ1v) is 6.33. The van der Waals surface area contributed by atoms with Crippen LogP contribution in [0, 0.1) is 10.8 Å². The van der Waals surface area contributed by atoms with E-state index in [1.54, 1.807) is 0 Å². The Bertz CT molecular complexity index is 142. The van der Waals surface area contributed by atoms with E-state index in [-0.39, 0.29) is 0 Å². The average molecular weight is 198 g/mol. The number of unbranched alkanes of at least 4 members (excludes halogenated alkanes) is 1. The minimum atomic E-state index is 0.534. The molecule has 0 aliphatic rings. The van der Waals surface area contributed by atoms with Gasteiger partial charge in [-0.15, -0.1) is 0 Å². The third kappa shape index (κ3) is 6.45. The molecule has 0 aliphatic heterocycles. The van der Waals surface area contributed by atoms with Gasteiger partial charge in [-0.25, -0.2) is 0 Å². The minimum Gasteiger partial charge on any atom is -0.0654 e. The Morgan fingerprint density at radius 1 is 0.714 bits per heavy atom. The minimum absolute atomic E-state index is 0.534. The average Bonchev–Trinajstić information content (AvgIpc) is 1.98. The van der Waals surface area contributed by atoms with Crippen molar-refractivity contribution in [1.29, 1.82) is 0 Å². The van der Waals surface area contributed by atoms with Crippen molar-refractivity contribution in [3.63, 3.8) is 0 Å². The van der Waals surface area contributed by atoms with Crippen LogP contribution in [0.15, 0.2) is 0 Å². The smallest absolute Gasteiger partial charge is 0.0349 e. The van der Waals surface area contributed by atoms with E-state index in [2.05, 4.69) is 41.5 Å². The maximum atomic E-state index is 2.43. The van der Waals surface area contributed by atoms with Crippen LogP contribution in [0.3, 0.4) is 0 Å². The van der Waals surface area contributed by atoms with Gasteiger partial charge in [0, 0.05) is 0 Å². The largest absolute Gasteiger partial charge is 0.0654 e. The third-order valence-electron chi connectivity index (χ3n) is 3.09. The lowest BCUT2D eigenvalue weighted by molar-refractivity contribution is 0.168. The van der Waals surface area contributed by atoms with E-state index in [1.807, 2.05) is 0 Å². The summed E-state index contributed by atoms with van der Waals surface area (Å²) in [7, 11) is 0. The van der Waals surface area contributed by atoms with Crippen LogP contribution < -0.4 is 0 Å². The number of hydrogen-bond donors (Lipinski definition) is 0. The van der Waals surface area contributed by atoms with Crippen molar-refractivity contribution in [1.82, 2.24) is 0 Å². The standard InChI is InChI=1S/C14H30/c1-7-9-11-14(5,6)12-13(3,4)10-8-2/h7-12H2,1-6H3. The molecule has 0 spiro atoms. The molecule has 0 heterocycles. The summed E-state index contributed by atoms with van der Waals surface area (Å²) in [6.45, 7) is 14.3. The zero-order valence-corrected chi connectivity index (χ0v) is 11.2. The summed E-state index contributed by atoms with van der Waals surface area (Å²) in [5, 5.41) is 0. The first-order valence-electron chi connectivity index (χ1n) is 6.33. The molecule has 0 aromatic carbocycles. The van der Waals surface area contributed by atoms with E-state index < -0.39 is 0 Å². The van der Waals surface area contributed by atoms with Crippen LogP contribution in [-0.2, 0) is 0 Å². The predicted octanol–water partition coefficient (Wildman–Crippen LogP) is 5.42. The van der Waals surface area contributed by atoms with Crippen LogP contribution in [0.25, 0.3) is 0 Å². The lowest BCUT2D eigenvalue weighted by Crippen LogP contribution is -2.23. The molecule has 0 fully saturated rings. The van der Waals surface area contributed by atoms with Crippen molar-refractivity contribution in [2.24, 2.45) is 10.8 Å². The summed E-state index contributed by atoms with van der Waals surface area (Å²) in [4.78, 5) is 0. The molecule has 14 heavy (non-hydrogen) atoms. The highest BCUT2D eigenvalue weighted by Gasteiger charge is 2.27. The molecule has 0 unspecified atom stereocenters. The normalized spacial score (nSPS) is 13.3. The fourth-order valence-electron chi connectivity index (χ4n) is 2.80. The van der Waals surface area contributed by atoms with Crippen LogP contribution in [0.4, 0.5) is 0 Å². The van der Waals surface area contributed by atoms with Crippen LogP contribution >= 0.6 is 0 Å². The Labute approximate surface area is 91.5 Å². The van der Waals surface area contributed by atoms with E-state index in [1.165, 1.54) is 38.5 Å². The number of rotatable bonds is 7. The van der Waals surface area contributed by atoms with Gasteiger partial charge in [-0.3, -0.25) is 0 Å². The van der Waals surface area contributed by atoms with Crippen molar-refractivity contribution < 1.29 is 0 Å². The molecule has 86 valence electrons. The lowest BCUT2D eigenvalue weighted by atomic mass is 9.71. The van der Waals surface area contributed by atoms with Gasteiger partial charge in [0.2, 0.25) is 0 Å². The molecule has 0 bridgehead atoms. The van der Waals surface area contributed by atoms with Crippen molar-refractivity contribution in [3.8, 4) is 0 Å². The topological polar surface area (TPSA) is 0 Å². The van der Waals surface area contributed by atoms with Crippen molar-refractivity contribution in [2.45, 2.75) is 80.1 Å². The zero-order chi connectivity index (χ0) is 11.2. The molecular formula is C14H30. The van der Waals surface area contributed by atoms with Crippen LogP contribution in [0.2, 0.25) is 0 Å². The molecule has 0 amide bonds. The molecule has 0 saturated carbocycles. The molecule has 0 N–H and O–H groups in total. The third-order valence-corrected chi connectivity index (χ3v) is 3.09. The summed E-state index contributed by atoms with van der Waals surface area (Å²) in [6, 6.07) is 0. The van der Waals surface area contributed by atoms with E-state index in [9.17, 15) is 0 Å². The molecule has 0 aliphatic carbocycles. The summed E-state index contributed by atoms with van der Waals surface area (Å²) < 4.78 is 0. The van der Waals surface area contributed by atoms with Crippen LogP contribution in [0.1, 0.15) is 80.1 Å². The van der Waals surface area contributed by atoms with Gasteiger partial charge >= 0.3 is 0 Å². The number of hydrogen-bond acceptors (Lipinski definition) is 0. The molecule has 0 heteroatoms. The summed E-state index contributed by atoms with van der Waals surface area (Å²) >= 11 is 0. The molecule has 0 radical (unpaired) electrons.